The Morgan fingerprint density at radius 2 is 1.77 bits per heavy atom. The summed E-state index contributed by atoms with van der Waals surface area (Å²) in [7, 11) is 1.75. The van der Waals surface area contributed by atoms with Crippen LogP contribution in [0.15, 0.2) is 79.1 Å². The van der Waals surface area contributed by atoms with E-state index in [-0.39, 0.29) is 11.7 Å². The number of amides is 1. The molecule has 0 atom stereocenters. The van der Waals surface area contributed by atoms with Crippen molar-refractivity contribution in [2.45, 2.75) is 25.9 Å². The Balaban J connectivity index is 1.53. The molecular weight excluding hydrogens is 521 g/mol. The molecule has 11 heteroatoms. The van der Waals surface area contributed by atoms with Crippen molar-refractivity contribution in [3.63, 3.8) is 0 Å². The molecule has 0 aliphatic carbocycles. The molecule has 0 radical (unpaired) electrons. The molecule has 0 unspecified atom stereocenters. The summed E-state index contributed by atoms with van der Waals surface area (Å²) in [5.74, 6) is 0.706. The van der Waals surface area contributed by atoms with Crippen LogP contribution in [0.1, 0.15) is 25.3 Å². The highest BCUT2D eigenvalue weighted by Crippen LogP contribution is 2.37. The molecule has 2 aromatic carbocycles. The molecule has 0 bridgehead atoms. The largest absolute Gasteiger partial charge is 0.438 e. The van der Waals surface area contributed by atoms with E-state index in [0.717, 1.165) is 23.6 Å². The van der Waals surface area contributed by atoms with E-state index in [1.807, 2.05) is 41.7 Å². The number of ether oxygens (including phenoxy) is 1. The molecule has 8 nitrogen and oxygen atoms in total. The molecule has 40 heavy (non-hydrogen) atoms. The molecule has 2 N–H and O–H groups in total. The number of hydrogen-bond donors (Lipinski definition) is 2. The van der Waals surface area contributed by atoms with Crippen LogP contribution in [0.2, 0.25) is 0 Å². The second-order valence-electron chi connectivity index (χ2n) is 8.88. The molecule has 1 amide bonds. The van der Waals surface area contributed by atoms with Gasteiger partial charge in [-0.3, -0.25) is 9.20 Å². The summed E-state index contributed by atoms with van der Waals surface area (Å²) < 4.78 is 47.4. The Kier molecular flexibility index (Phi) is 7.37. The van der Waals surface area contributed by atoms with Gasteiger partial charge in [0.2, 0.25) is 17.7 Å². The van der Waals surface area contributed by atoms with E-state index in [4.69, 9.17) is 9.72 Å². The van der Waals surface area contributed by atoms with Gasteiger partial charge in [0, 0.05) is 42.7 Å². The molecule has 0 saturated carbocycles. The maximum absolute atomic E-state index is 13.4. The standard InChI is InChI=1S/C29H25F3N6O2/c1-3-6-24(39)36-20-8-4-7-19(17-20)25-23-14-16-35-28(33-2)38(23)26(37-25)18-10-12-21(13-11-18)40-27-22(29(30,31)32)9-5-15-34-27/h4-5,7-17H,3,6H2,1-2H3,(H,33,35)(H,36,39). The summed E-state index contributed by atoms with van der Waals surface area (Å²) in [5.41, 5.74) is 2.62. The highest BCUT2D eigenvalue weighted by atomic mass is 19.4. The summed E-state index contributed by atoms with van der Waals surface area (Å²) in [6.07, 6.45) is -0.508. The van der Waals surface area contributed by atoms with E-state index < -0.39 is 17.6 Å². The number of carbonyl (C=O) groups excluding carboxylic acids is 1. The van der Waals surface area contributed by atoms with Gasteiger partial charge in [-0.15, -0.1) is 0 Å². The van der Waals surface area contributed by atoms with Crippen LogP contribution in [0.4, 0.5) is 24.8 Å². The first-order valence-corrected chi connectivity index (χ1v) is 12.5. The molecule has 3 heterocycles. The van der Waals surface area contributed by atoms with Crippen LogP contribution in [0, 0.1) is 0 Å². The minimum absolute atomic E-state index is 0.0629. The zero-order valence-corrected chi connectivity index (χ0v) is 21.7. The lowest BCUT2D eigenvalue weighted by Gasteiger charge is -2.12. The number of rotatable bonds is 8. The van der Waals surface area contributed by atoms with Crippen molar-refractivity contribution in [3.8, 4) is 34.3 Å². The fourth-order valence-corrected chi connectivity index (χ4v) is 4.29. The molecule has 5 aromatic rings. The summed E-state index contributed by atoms with van der Waals surface area (Å²) in [4.78, 5) is 25.2. The fraction of sp³-hybridized carbons (Fsp3) is 0.172. The first-order valence-electron chi connectivity index (χ1n) is 12.5. The number of anilines is 2. The Labute approximate surface area is 227 Å². The molecule has 0 aliphatic heterocycles. The van der Waals surface area contributed by atoms with Gasteiger partial charge in [-0.2, -0.15) is 13.2 Å². The van der Waals surface area contributed by atoms with Crippen LogP contribution in [0.5, 0.6) is 11.6 Å². The number of imidazole rings is 1. The quantitative estimate of drug-likeness (QED) is 0.217. The molecular formula is C29H25F3N6O2. The maximum atomic E-state index is 13.4. The first-order chi connectivity index (χ1) is 19.3. The fourth-order valence-electron chi connectivity index (χ4n) is 4.29. The van der Waals surface area contributed by atoms with Crippen LogP contribution >= 0.6 is 0 Å². The molecule has 0 aliphatic rings. The van der Waals surface area contributed by atoms with E-state index in [0.29, 0.717) is 35.1 Å². The van der Waals surface area contributed by atoms with Crippen molar-refractivity contribution >= 4 is 23.1 Å². The van der Waals surface area contributed by atoms with Crippen molar-refractivity contribution < 1.29 is 22.7 Å². The lowest BCUT2D eigenvalue weighted by Crippen LogP contribution is -2.10. The average Bonchev–Trinajstić information content (AvgIpc) is 3.33. The number of pyridine rings is 1. The van der Waals surface area contributed by atoms with Gasteiger partial charge in [-0.05, 0) is 61.0 Å². The number of nitrogens with one attached hydrogen (secondary N) is 2. The molecule has 5 rings (SSSR count). The third-order valence-corrected chi connectivity index (χ3v) is 6.08. The Morgan fingerprint density at radius 1 is 0.975 bits per heavy atom. The Hall–Kier alpha value is -4.93. The van der Waals surface area contributed by atoms with Gasteiger partial charge in [0.15, 0.2) is 0 Å². The van der Waals surface area contributed by atoms with Crippen molar-refractivity contribution in [1.82, 2.24) is 19.4 Å². The van der Waals surface area contributed by atoms with E-state index in [2.05, 4.69) is 20.6 Å². The minimum atomic E-state index is -4.60. The van der Waals surface area contributed by atoms with Crippen LogP contribution in [-0.2, 0) is 11.0 Å². The number of aromatic nitrogens is 4. The zero-order chi connectivity index (χ0) is 28.3. The third-order valence-electron chi connectivity index (χ3n) is 6.08. The first kappa shape index (κ1) is 26.7. The van der Waals surface area contributed by atoms with Gasteiger partial charge in [0.1, 0.15) is 17.1 Å². The van der Waals surface area contributed by atoms with E-state index in [9.17, 15) is 18.0 Å². The zero-order valence-electron chi connectivity index (χ0n) is 21.7. The smallest absolute Gasteiger partial charge is 0.421 e. The molecule has 204 valence electrons. The number of nitrogens with zero attached hydrogens (tertiary/aromatic N) is 4. The second-order valence-corrected chi connectivity index (χ2v) is 8.88. The predicted molar refractivity (Wildman–Crippen MR) is 146 cm³/mol. The average molecular weight is 547 g/mol. The van der Waals surface area contributed by atoms with Crippen LogP contribution in [0.3, 0.4) is 0 Å². The lowest BCUT2D eigenvalue weighted by atomic mass is 10.1. The van der Waals surface area contributed by atoms with E-state index in [1.165, 1.54) is 12.3 Å². The predicted octanol–water partition coefficient (Wildman–Crippen LogP) is 7.05. The van der Waals surface area contributed by atoms with Crippen molar-refractivity contribution in [2.75, 3.05) is 17.7 Å². The van der Waals surface area contributed by atoms with Crippen molar-refractivity contribution in [2.24, 2.45) is 0 Å². The topological polar surface area (TPSA) is 93.4 Å². The number of halogens is 3. The number of alkyl halides is 3. The van der Waals surface area contributed by atoms with Crippen molar-refractivity contribution in [3.05, 3.63) is 84.7 Å². The lowest BCUT2D eigenvalue weighted by molar-refractivity contribution is -0.138. The SMILES string of the molecule is CCCC(=O)Nc1cccc(-c2nc(-c3ccc(Oc4ncccc4C(F)(F)F)cc3)n3c(NC)nccc23)c1. The highest BCUT2D eigenvalue weighted by Gasteiger charge is 2.35. The minimum Gasteiger partial charge on any atom is -0.438 e. The van der Waals surface area contributed by atoms with Gasteiger partial charge in [0.25, 0.3) is 0 Å². The number of benzene rings is 2. The highest BCUT2D eigenvalue weighted by molar-refractivity contribution is 5.92. The summed E-state index contributed by atoms with van der Waals surface area (Å²) in [6, 6.07) is 17.9. The summed E-state index contributed by atoms with van der Waals surface area (Å²) >= 11 is 0. The normalized spacial score (nSPS) is 11.4. The third kappa shape index (κ3) is 5.44. The van der Waals surface area contributed by atoms with Gasteiger partial charge < -0.3 is 15.4 Å². The molecule has 0 saturated heterocycles. The number of carbonyl (C=O) groups is 1. The monoisotopic (exact) mass is 546 g/mol. The Bertz CT molecular complexity index is 1670. The van der Waals surface area contributed by atoms with Gasteiger partial charge in [0.05, 0.1) is 11.2 Å². The van der Waals surface area contributed by atoms with Gasteiger partial charge in [-0.1, -0.05) is 19.1 Å². The molecule has 3 aromatic heterocycles. The number of fused-ring (bicyclic) bond motifs is 1. The van der Waals surface area contributed by atoms with Crippen LogP contribution < -0.4 is 15.4 Å². The summed E-state index contributed by atoms with van der Waals surface area (Å²) in [5, 5.41) is 5.99. The summed E-state index contributed by atoms with van der Waals surface area (Å²) in [6.45, 7) is 1.94. The second kappa shape index (κ2) is 11.0. The van der Waals surface area contributed by atoms with E-state index >= 15 is 0 Å². The van der Waals surface area contributed by atoms with Gasteiger partial charge >= 0.3 is 6.18 Å². The van der Waals surface area contributed by atoms with Crippen LogP contribution in [0.25, 0.3) is 28.2 Å². The maximum Gasteiger partial charge on any atom is 0.421 e. The van der Waals surface area contributed by atoms with Crippen LogP contribution in [-0.4, -0.2) is 32.3 Å². The van der Waals surface area contributed by atoms with E-state index in [1.54, 1.807) is 37.5 Å². The molecule has 0 spiro atoms. The van der Waals surface area contributed by atoms with Gasteiger partial charge in [-0.25, -0.2) is 15.0 Å². The number of hydrogen-bond acceptors (Lipinski definition) is 6. The Morgan fingerprint density at radius 3 is 2.50 bits per heavy atom. The van der Waals surface area contributed by atoms with Crippen molar-refractivity contribution in [1.29, 1.82) is 0 Å². The molecule has 0 fully saturated rings.